The molecule has 2 heterocycles. The maximum absolute atomic E-state index is 8.87. The van der Waals surface area contributed by atoms with Crippen molar-refractivity contribution < 1.29 is 0 Å². The first-order valence-corrected chi connectivity index (χ1v) is 6.74. The minimum atomic E-state index is 0.409. The Morgan fingerprint density at radius 1 is 1.25 bits per heavy atom. The molecule has 0 aliphatic carbocycles. The molecule has 0 saturated heterocycles. The van der Waals surface area contributed by atoms with Crippen LogP contribution in [0, 0.1) is 11.3 Å². The Bertz CT molecular complexity index is 793. The van der Waals surface area contributed by atoms with Crippen LogP contribution in [0.3, 0.4) is 0 Å². The van der Waals surface area contributed by atoms with Crippen LogP contribution in [0.2, 0.25) is 0 Å². The average molecular weight is 261 g/mol. The SMILES string of the molecule is CCc1cccc(-c2nccn3c(CC#N)ccc23)c1. The van der Waals surface area contributed by atoms with Gasteiger partial charge in [0.15, 0.2) is 0 Å². The summed E-state index contributed by atoms with van der Waals surface area (Å²) in [5.74, 6) is 0. The monoisotopic (exact) mass is 261 g/mol. The van der Waals surface area contributed by atoms with Crippen LogP contribution in [0.15, 0.2) is 48.8 Å². The predicted molar refractivity (Wildman–Crippen MR) is 79.3 cm³/mol. The molecule has 0 aliphatic heterocycles. The van der Waals surface area contributed by atoms with E-state index in [1.807, 2.05) is 22.7 Å². The minimum Gasteiger partial charge on any atom is -0.316 e. The van der Waals surface area contributed by atoms with Gasteiger partial charge in [-0.25, -0.2) is 0 Å². The van der Waals surface area contributed by atoms with Crippen molar-refractivity contribution >= 4 is 5.52 Å². The molecule has 0 radical (unpaired) electrons. The predicted octanol–water partition coefficient (Wildman–Crippen LogP) is 3.63. The lowest BCUT2D eigenvalue weighted by Crippen LogP contribution is -1.95. The van der Waals surface area contributed by atoms with E-state index in [2.05, 4.69) is 42.2 Å². The Kier molecular flexibility index (Phi) is 3.22. The van der Waals surface area contributed by atoms with Crippen LogP contribution in [0.25, 0.3) is 16.8 Å². The van der Waals surface area contributed by atoms with Crippen molar-refractivity contribution in [2.24, 2.45) is 0 Å². The number of hydrogen-bond donors (Lipinski definition) is 0. The second-order valence-electron chi connectivity index (χ2n) is 4.74. The summed E-state index contributed by atoms with van der Waals surface area (Å²) in [6.45, 7) is 2.15. The number of hydrogen-bond acceptors (Lipinski definition) is 2. The number of rotatable bonds is 3. The van der Waals surface area contributed by atoms with E-state index in [1.54, 1.807) is 6.20 Å². The zero-order valence-electron chi connectivity index (χ0n) is 11.4. The quantitative estimate of drug-likeness (QED) is 0.722. The van der Waals surface area contributed by atoms with Gasteiger partial charge >= 0.3 is 0 Å². The Balaban J connectivity index is 2.19. The first-order chi connectivity index (χ1) is 9.83. The van der Waals surface area contributed by atoms with Crippen LogP contribution < -0.4 is 0 Å². The van der Waals surface area contributed by atoms with Gasteiger partial charge in [0.2, 0.25) is 0 Å². The molecule has 0 amide bonds. The standard InChI is InChI=1S/C17H15N3/c1-2-13-4-3-5-14(12-13)17-16-7-6-15(8-9-18)20(16)11-10-19-17/h3-7,10-12H,2,8H2,1H3. The Morgan fingerprint density at radius 2 is 2.15 bits per heavy atom. The Morgan fingerprint density at radius 3 is 2.95 bits per heavy atom. The van der Waals surface area contributed by atoms with E-state index in [0.29, 0.717) is 6.42 Å². The van der Waals surface area contributed by atoms with Crippen LogP contribution in [0.5, 0.6) is 0 Å². The van der Waals surface area contributed by atoms with Crippen molar-refractivity contribution in [3.63, 3.8) is 0 Å². The second-order valence-corrected chi connectivity index (χ2v) is 4.74. The highest BCUT2D eigenvalue weighted by atomic mass is 14.9. The van der Waals surface area contributed by atoms with Gasteiger partial charge in [0, 0.05) is 23.7 Å². The summed E-state index contributed by atoms with van der Waals surface area (Å²) in [6, 6.07) is 14.7. The molecule has 3 heteroatoms. The minimum absolute atomic E-state index is 0.409. The number of aryl methyl sites for hydroxylation is 1. The molecule has 3 aromatic rings. The molecule has 0 aliphatic rings. The highest BCUT2D eigenvalue weighted by Crippen LogP contribution is 2.25. The molecule has 0 fully saturated rings. The van der Waals surface area contributed by atoms with E-state index in [4.69, 9.17) is 5.26 Å². The summed E-state index contributed by atoms with van der Waals surface area (Å²) in [4.78, 5) is 4.52. The summed E-state index contributed by atoms with van der Waals surface area (Å²) in [5, 5.41) is 8.87. The third kappa shape index (κ3) is 2.06. The van der Waals surface area contributed by atoms with Gasteiger partial charge in [0.05, 0.1) is 23.7 Å². The number of benzene rings is 1. The van der Waals surface area contributed by atoms with Gasteiger partial charge in [-0.2, -0.15) is 5.26 Å². The van der Waals surface area contributed by atoms with Crippen molar-refractivity contribution in [3.05, 3.63) is 60.0 Å². The zero-order chi connectivity index (χ0) is 13.9. The molecule has 0 N–H and O–H groups in total. The molecule has 0 atom stereocenters. The third-order valence-corrected chi connectivity index (χ3v) is 3.53. The van der Waals surface area contributed by atoms with Gasteiger partial charge in [0.1, 0.15) is 0 Å². The molecule has 2 aromatic heterocycles. The lowest BCUT2D eigenvalue weighted by molar-refractivity contribution is 1.04. The van der Waals surface area contributed by atoms with Gasteiger partial charge in [-0.1, -0.05) is 25.1 Å². The van der Waals surface area contributed by atoms with Gasteiger partial charge in [-0.3, -0.25) is 4.98 Å². The van der Waals surface area contributed by atoms with Crippen LogP contribution in [-0.4, -0.2) is 9.38 Å². The lowest BCUT2D eigenvalue weighted by Gasteiger charge is -2.07. The fourth-order valence-electron chi connectivity index (χ4n) is 2.49. The number of aromatic nitrogens is 2. The smallest absolute Gasteiger partial charge is 0.0942 e. The molecule has 98 valence electrons. The van der Waals surface area contributed by atoms with Crippen molar-refractivity contribution in [2.45, 2.75) is 19.8 Å². The van der Waals surface area contributed by atoms with E-state index in [-0.39, 0.29) is 0 Å². The first-order valence-electron chi connectivity index (χ1n) is 6.74. The molecule has 0 bridgehead atoms. The van der Waals surface area contributed by atoms with Crippen molar-refractivity contribution in [2.75, 3.05) is 0 Å². The summed E-state index contributed by atoms with van der Waals surface area (Å²) in [6.07, 6.45) is 5.13. The topological polar surface area (TPSA) is 41.1 Å². The molecular weight excluding hydrogens is 246 g/mol. The summed E-state index contributed by atoms with van der Waals surface area (Å²) >= 11 is 0. The molecule has 0 spiro atoms. The number of fused-ring (bicyclic) bond motifs is 1. The summed E-state index contributed by atoms with van der Waals surface area (Å²) in [5.41, 5.74) is 5.43. The van der Waals surface area contributed by atoms with E-state index in [9.17, 15) is 0 Å². The molecule has 3 rings (SSSR count). The molecular formula is C17H15N3. The fourth-order valence-corrected chi connectivity index (χ4v) is 2.49. The summed E-state index contributed by atoms with van der Waals surface area (Å²) in [7, 11) is 0. The second kappa shape index (κ2) is 5.18. The van der Waals surface area contributed by atoms with Crippen molar-refractivity contribution in [1.29, 1.82) is 5.26 Å². The third-order valence-electron chi connectivity index (χ3n) is 3.53. The normalized spacial score (nSPS) is 10.6. The molecule has 3 nitrogen and oxygen atoms in total. The number of nitriles is 1. The number of nitrogens with zero attached hydrogens (tertiary/aromatic N) is 3. The lowest BCUT2D eigenvalue weighted by atomic mass is 10.1. The zero-order valence-corrected chi connectivity index (χ0v) is 11.4. The van der Waals surface area contributed by atoms with E-state index >= 15 is 0 Å². The molecule has 0 saturated carbocycles. The maximum atomic E-state index is 8.87. The molecule has 1 aromatic carbocycles. The summed E-state index contributed by atoms with van der Waals surface area (Å²) < 4.78 is 2.05. The van der Waals surface area contributed by atoms with Gasteiger partial charge in [0.25, 0.3) is 0 Å². The maximum Gasteiger partial charge on any atom is 0.0942 e. The van der Waals surface area contributed by atoms with Crippen molar-refractivity contribution in [3.8, 4) is 17.3 Å². The fraction of sp³-hybridized carbons (Fsp3) is 0.176. The molecule has 0 unspecified atom stereocenters. The van der Waals surface area contributed by atoms with Crippen LogP contribution in [-0.2, 0) is 12.8 Å². The van der Waals surface area contributed by atoms with Crippen LogP contribution in [0.1, 0.15) is 18.2 Å². The van der Waals surface area contributed by atoms with E-state index in [1.165, 1.54) is 5.56 Å². The highest BCUT2D eigenvalue weighted by molar-refractivity contribution is 5.77. The highest BCUT2D eigenvalue weighted by Gasteiger charge is 2.08. The largest absolute Gasteiger partial charge is 0.316 e. The van der Waals surface area contributed by atoms with E-state index in [0.717, 1.165) is 28.9 Å². The Hall–Kier alpha value is -2.60. The van der Waals surface area contributed by atoms with Gasteiger partial charge in [-0.05, 0) is 30.2 Å². The average Bonchev–Trinajstić information content (AvgIpc) is 2.91. The van der Waals surface area contributed by atoms with Crippen LogP contribution in [0.4, 0.5) is 0 Å². The Labute approximate surface area is 118 Å². The van der Waals surface area contributed by atoms with Gasteiger partial charge < -0.3 is 4.40 Å². The van der Waals surface area contributed by atoms with Gasteiger partial charge in [-0.15, -0.1) is 0 Å². The van der Waals surface area contributed by atoms with Crippen LogP contribution >= 0.6 is 0 Å². The van der Waals surface area contributed by atoms with Crippen molar-refractivity contribution in [1.82, 2.24) is 9.38 Å². The molecule has 20 heavy (non-hydrogen) atoms. The first kappa shape index (κ1) is 12.4. The van der Waals surface area contributed by atoms with E-state index < -0.39 is 0 Å².